The van der Waals surface area contributed by atoms with Crippen molar-refractivity contribution in [1.29, 1.82) is 0 Å². The number of pyridine rings is 1. The molecule has 0 spiro atoms. The minimum Gasteiger partial charge on any atom is -0.369 e. The van der Waals surface area contributed by atoms with Crippen molar-refractivity contribution >= 4 is 0 Å². The van der Waals surface area contributed by atoms with E-state index in [4.69, 9.17) is 10.5 Å². The Morgan fingerprint density at radius 1 is 1.26 bits per heavy atom. The molecule has 106 valence electrons. The summed E-state index contributed by atoms with van der Waals surface area (Å²) in [6, 6.07) is 3.98. The van der Waals surface area contributed by atoms with Gasteiger partial charge in [0.25, 0.3) is 0 Å². The van der Waals surface area contributed by atoms with Crippen LogP contribution in [-0.2, 0) is 4.74 Å². The van der Waals surface area contributed by atoms with E-state index in [1.54, 1.807) is 6.20 Å². The third kappa shape index (κ3) is 4.02. The molecular formula is C16H26N2O. The maximum Gasteiger partial charge on any atom is 0.0991 e. The van der Waals surface area contributed by atoms with E-state index in [1.807, 2.05) is 19.2 Å². The van der Waals surface area contributed by atoms with Crippen LogP contribution in [0.15, 0.2) is 24.5 Å². The monoisotopic (exact) mass is 262 g/mol. The van der Waals surface area contributed by atoms with Gasteiger partial charge in [-0.15, -0.1) is 0 Å². The lowest BCUT2D eigenvalue weighted by molar-refractivity contribution is -0.0586. The van der Waals surface area contributed by atoms with Crippen LogP contribution >= 0.6 is 0 Å². The molecular weight excluding hydrogens is 236 g/mol. The van der Waals surface area contributed by atoms with Crippen molar-refractivity contribution in [2.75, 3.05) is 0 Å². The van der Waals surface area contributed by atoms with E-state index < -0.39 is 0 Å². The third-order valence-corrected chi connectivity index (χ3v) is 3.96. The molecule has 3 nitrogen and oxygen atoms in total. The summed E-state index contributed by atoms with van der Waals surface area (Å²) in [6.45, 7) is 6.64. The quantitative estimate of drug-likeness (QED) is 0.905. The number of nitrogens with zero attached hydrogens (tertiary/aromatic N) is 1. The Kier molecular flexibility index (Phi) is 4.94. The van der Waals surface area contributed by atoms with Gasteiger partial charge in [-0.3, -0.25) is 4.98 Å². The fourth-order valence-electron chi connectivity index (χ4n) is 3.24. The minimum atomic E-state index is -0.0452. The van der Waals surface area contributed by atoms with Crippen molar-refractivity contribution in [1.82, 2.24) is 4.98 Å². The number of hydrogen-bond donors (Lipinski definition) is 1. The molecule has 1 fully saturated rings. The zero-order valence-corrected chi connectivity index (χ0v) is 12.3. The molecule has 2 rings (SSSR count). The van der Waals surface area contributed by atoms with Crippen molar-refractivity contribution in [2.45, 2.75) is 58.3 Å². The van der Waals surface area contributed by atoms with Gasteiger partial charge >= 0.3 is 0 Å². The molecule has 4 atom stereocenters. The highest BCUT2D eigenvalue weighted by molar-refractivity contribution is 5.14. The topological polar surface area (TPSA) is 48.1 Å². The molecule has 1 aliphatic rings. The highest BCUT2D eigenvalue weighted by Gasteiger charge is 2.28. The van der Waals surface area contributed by atoms with Gasteiger partial charge in [-0.05, 0) is 44.1 Å². The summed E-state index contributed by atoms with van der Waals surface area (Å²) in [5.74, 6) is 1.49. The molecule has 1 aromatic rings. The fourth-order valence-corrected chi connectivity index (χ4v) is 3.24. The second-order valence-corrected chi connectivity index (χ2v) is 6.24. The molecule has 0 aromatic carbocycles. The SMILES string of the molecule is CC1CC(C)CC(OC(c2cccnc2)C(C)N)C1. The lowest BCUT2D eigenvalue weighted by Gasteiger charge is -2.35. The van der Waals surface area contributed by atoms with Gasteiger partial charge in [0, 0.05) is 24.0 Å². The van der Waals surface area contributed by atoms with Crippen LogP contribution in [0.25, 0.3) is 0 Å². The van der Waals surface area contributed by atoms with Gasteiger partial charge in [-0.1, -0.05) is 19.9 Å². The summed E-state index contributed by atoms with van der Waals surface area (Å²) in [6.07, 6.45) is 7.54. The predicted molar refractivity (Wildman–Crippen MR) is 77.7 cm³/mol. The molecule has 0 aliphatic heterocycles. The number of nitrogens with two attached hydrogens (primary N) is 1. The average molecular weight is 262 g/mol. The Labute approximate surface area is 116 Å². The Hall–Kier alpha value is -0.930. The van der Waals surface area contributed by atoms with Crippen LogP contribution in [0.1, 0.15) is 51.7 Å². The summed E-state index contributed by atoms with van der Waals surface area (Å²) in [7, 11) is 0. The average Bonchev–Trinajstić information content (AvgIpc) is 2.35. The molecule has 0 radical (unpaired) electrons. The van der Waals surface area contributed by atoms with E-state index >= 15 is 0 Å². The molecule has 3 heteroatoms. The number of hydrogen-bond acceptors (Lipinski definition) is 3. The first-order valence-corrected chi connectivity index (χ1v) is 7.37. The molecule has 2 N–H and O–H groups in total. The summed E-state index contributed by atoms with van der Waals surface area (Å²) >= 11 is 0. The highest BCUT2D eigenvalue weighted by Crippen LogP contribution is 2.33. The molecule has 1 aromatic heterocycles. The summed E-state index contributed by atoms with van der Waals surface area (Å²) in [5, 5.41) is 0. The van der Waals surface area contributed by atoms with Crippen LogP contribution in [0.2, 0.25) is 0 Å². The second-order valence-electron chi connectivity index (χ2n) is 6.24. The van der Waals surface area contributed by atoms with Crippen LogP contribution < -0.4 is 5.73 Å². The summed E-state index contributed by atoms with van der Waals surface area (Å²) in [5.41, 5.74) is 7.19. The fraction of sp³-hybridized carbons (Fsp3) is 0.688. The van der Waals surface area contributed by atoms with Crippen LogP contribution in [0, 0.1) is 11.8 Å². The van der Waals surface area contributed by atoms with Crippen molar-refractivity contribution in [3.05, 3.63) is 30.1 Å². The van der Waals surface area contributed by atoms with E-state index in [0.717, 1.165) is 30.2 Å². The molecule has 0 bridgehead atoms. The highest BCUT2D eigenvalue weighted by atomic mass is 16.5. The Bertz CT molecular complexity index is 370. The summed E-state index contributed by atoms with van der Waals surface area (Å²) < 4.78 is 6.31. The lowest BCUT2D eigenvalue weighted by atomic mass is 9.81. The van der Waals surface area contributed by atoms with Gasteiger partial charge < -0.3 is 10.5 Å². The van der Waals surface area contributed by atoms with Crippen molar-refractivity contribution in [3.8, 4) is 0 Å². The van der Waals surface area contributed by atoms with Gasteiger partial charge in [-0.2, -0.15) is 0 Å². The van der Waals surface area contributed by atoms with Crippen LogP contribution in [0.3, 0.4) is 0 Å². The standard InChI is InChI=1S/C16H26N2O/c1-11-7-12(2)9-15(8-11)19-16(13(3)17)14-5-4-6-18-10-14/h4-6,10-13,15-16H,7-9,17H2,1-3H3. The molecule has 1 saturated carbocycles. The summed E-state index contributed by atoms with van der Waals surface area (Å²) in [4.78, 5) is 4.18. The van der Waals surface area contributed by atoms with Crippen LogP contribution in [0.4, 0.5) is 0 Å². The van der Waals surface area contributed by atoms with Crippen molar-refractivity contribution in [3.63, 3.8) is 0 Å². The molecule has 1 aliphatic carbocycles. The van der Waals surface area contributed by atoms with Crippen molar-refractivity contribution in [2.24, 2.45) is 17.6 Å². The maximum absolute atomic E-state index is 6.31. The first-order valence-electron chi connectivity index (χ1n) is 7.37. The van der Waals surface area contributed by atoms with E-state index in [-0.39, 0.29) is 12.1 Å². The maximum atomic E-state index is 6.31. The number of ether oxygens (including phenoxy) is 1. The van der Waals surface area contributed by atoms with Gasteiger partial charge in [0.05, 0.1) is 12.2 Å². The second kappa shape index (κ2) is 6.49. The molecule has 4 unspecified atom stereocenters. The van der Waals surface area contributed by atoms with Gasteiger partial charge in [0.15, 0.2) is 0 Å². The third-order valence-electron chi connectivity index (χ3n) is 3.96. The van der Waals surface area contributed by atoms with Gasteiger partial charge in [0.2, 0.25) is 0 Å². The Morgan fingerprint density at radius 2 is 1.95 bits per heavy atom. The zero-order valence-electron chi connectivity index (χ0n) is 12.3. The van der Waals surface area contributed by atoms with E-state index in [9.17, 15) is 0 Å². The normalized spacial score (nSPS) is 30.8. The van der Waals surface area contributed by atoms with Gasteiger partial charge in [0.1, 0.15) is 0 Å². The molecule has 1 heterocycles. The smallest absolute Gasteiger partial charge is 0.0991 e. The van der Waals surface area contributed by atoms with Gasteiger partial charge in [-0.25, -0.2) is 0 Å². The largest absolute Gasteiger partial charge is 0.369 e. The van der Waals surface area contributed by atoms with Crippen LogP contribution in [-0.4, -0.2) is 17.1 Å². The molecule has 0 amide bonds. The van der Waals surface area contributed by atoms with Crippen LogP contribution in [0.5, 0.6) is 0 Å². The van der Waals surface area contributed by atoms with E-state index in [0.29, 0.717) is 6.10 Å². The number of rotatable bonds is 4. The van der Waals surface area contributed by atoms with E-state index in [2.05, 4.69) is 24.9 Å². The Morgan fingerprint density at radius 3 is 2.47 bits per heavy atom. The Balaban J connectivity index is 2.05. The first-order chi connectivity index (χ1) is 9.06. The lowest BCUT2D eigenvalue weighted by Crippen LogP contribution is -2.34. The molecule has 19 heavy (non-hydrogen) atoms. The molecule has 0 saturated heterocycles. The zero-order chi connectivity index (χ0) is 13.8. The van der Waals surface area contributed by atoms with Crippen molar-refractivity contribution < 1.29 is 4.74 Å². The number of aromatic nitrogens is 1. The first kappa shape index (κ1) is 14.5. The minimum absolute atomic E-state index is 0.0169. The van der Waals surface area contributed by atoms with E-state index in [1.165, 1.54) is 6.42 Å². The predicted octanol–water partition coefficient (Wildman–Crippen LogP) is 3.31.